The Morgan fingerprint density at radius 1 is 1.39 bits per heavy atom. The number of nitrogens with one attached hydrogen (secondary N) is 1. The molecule has 5 heteroatoms. The molecule has 0 aromatic carbocycles. The second-order valence-electron chi connectivity index (χ2n) is 4.77. The molecule has 1 aromatic heterocycles. The van der Waals surface area contributed by atoms with Gasteiger partial charge in [-0.1, -0.05) is 6.92 Å². The lowest BCUT2D eigenvalue weighted by Crippen LogP contribution is -2.38. The molecule has 0 saturated heterocycles. The Kier molecular flexibility index (Phi) is 4.42. The number of aromatic nitrogens is 2. The van der Waals surface area contributed by atoms with Crippen LogP contribution in [0.2, 0.25) is 0 Å². The van der Waals surface area contributed by atoms with Crippen LogP contribution in [-0.2, 0) is 10.3 Å². The summed E-state index contributed by atoms with van der Waals surface area (Å²) in [7, 11) is 1.76. The van der Waals surface area contributed by atoms with Crippen LogP contribution in [0.15, 0.2) is 0 Å². The van der Waals surface area contributed by atoms with Crippen LogP contribution in [-0.4, -0.2) is 23.6 Å². The van der Waals surface area contributed by atoms with E-state index in [1.165, 1.54) is 6.42 Å². The number of anilines is 1. The molecule has 1 saturated carbocycles. The molecular formula is C13H20IN3O. The number of hydrogen-bond donors (Lipinski definition) is 1. The molecule has 0 amide bonds. The van der Waals surface area contributed by atoms with Gasteiger partial charge < -0.3 is 10.1 Å². The van der Waals surface area contributed by atoms with Crippen molar-refractivity contribution in [2.24, 2.45) is 0 Å². The summed E-state index contributed by atoms with van der Waals surface area (Å²) >= 11 is 2.30. The summed E-state index contributed by atoms with van der Waals surface area (Å²) in [5.74, 6) is 1.79. The number of ether oxygens (including phenoxy) is 1. The quantitative estimate of drug-likeness (QED) is 0.818. The van der Waals surface area contributed by atoms with Crippen LogP contribution < -0.4 is 5.32 Å². The van der Waals surface area contributed by atoms with Gasteiger partial charge in [0.1, 0.15) is 11.4 Å². The third-order valence-corrected chi connectivity index (χ3v) is 4.81. The summed E-state index contributed by atoms with van der Waals surface area (Å²) in [5.41, 5.74) is 0.792. The Morgan fingerprint density at radius 3 is 2.61 bits per heavy atom. The van der Waals surface area contributed by atoms with Crippen molar-refractivity contribution in [2.75, 3.05) is 19.0 Å². The minimum atomic E-state index is -0.238. The zero-order valence-electron chi connectivity index (χ0n) is 11.2. The van der Waals surface area contributed by atoms with Gasteiger partial charge in [-0.25, -0.2) is 9.97 Å². The number of methoxy groups -OCH3 is 1. The number of nitrogens with zero attached hydrogens (tertiary/aromatic N) is 2. The number of hydrogen-bond acceptors (Lipinski definition) is 4. The fraction of sp³-hybridized carbons (Fsp3) is 0.692. The molecule has 1 fully saturated rings. The Morgan fingerprint density at radius 2 is 2.11 bits per heavy atom. The Bertz CT molecular complexity index is 427. The van der Waals surface area contributed by atoms with Gasteiger partial charge in [0.15, 0.2) is 5.82 Å². The van der Waals surface area contributed by atoms with Crippen LogP contribution in [0.5, 0.6) is 0 Å². The standard InChI is InChI=1S/C13H20IN3O/c1-4-8-15-11-10(14)9(2)16-12(17-11)13(18-3)6-5-7-13/h4-8H2,1-3H3,(H,15,16,17). The molecule has 0 unspecified atom stereocenters. The van der Waals surface area contributed by atoms with Gasteiger partial charge in [0.2, 0.25) is 0 Å². The molecule has 0 bridgehead atoms. The predicted molar refractivity (Wildman–Crippen MR) is 80.8 cm³/mol. The van der Waals surface area contributed by atoms with Crippen molar-refractivity contribution in [3.05, 3.63) is 15.1 Å². The summed E-state index contributed by atoms with van der Waals surface area (Å²) in [6.07, 6.45) is 4.33. The molecule has 0 radical (unpaired) electrons. The van der Waals surface area contributed by atoms with Crippen LogP contribution in [0.4, 0.5) is 5.82 Å². The summed E-state index contributed by atoms with van der Waals surface area (Å²) in [6.45, 7) is 5.12. The molecule has 18 heavy (non-hydrogen) atoms. The summed E-state index contributed by atoms with van der Waals surface area (Å²) in [5, 5.41) is 3.37. The van der Waals surface area contributed by atoms with Crippen molar-refractivity contribution in [3.8, 4) is 0 Å². The molecule has 1 aliphatic rings. The summed E-state index contributed by atoms with van der Waals surface area (Å²) in [4.78, 5) is 9.30. The van der Waals surface area contributed by atoms with Gasteiger partial charge in [0.25, 0.3) is 0 Å². The molecule has 2 rings (SSSR count). The van der Waals surface area contributed by atoms with Crippen molar-refractivity contribution < 1.29 is 4.74 Å². The highest BCUT2D eigenvalue weighted by Gasteiger charge is 2.42. The smallest absolute Gasteiger partial charge is 0.162 e. The van der Waals surface area contributed by atoms with Gasteiger partial charge in [-0.3, -0.25) is 0 Å². The maximum Gasteiger partial charge on any atom is 0.162 e. The first-order valence-electron chi connectivity index (χ1n) is 6.46. The second kappa shape index (κ2) is 5.69. The van der Waals surface area contributed by atoms with Crippen molar-refractivity contribution in [3.63, 3.8) is 0 Å². The molecule has 1 N–H and O–H groups in total. The lowest BCUT2D eigenvalue weighted by molar-refractivity contribution is -0.0846. The molecule has 1 heterocycles. The molecule has 0 atom stereocenters. The molecule has 0 spiro atoms. The van der Waals surface area contributed by atoms with Gasteiger partial charge in [-0.2, -0.15) is 0 Å². The van der Waals surface area contributed by atoms with Crippen LogP contribution in [0.1, 0.15) is 44.1 Å². The number of halogens is 1. The van der Waals surface area contributed by atoms with E-state index in [1.807, 2.05) is 6.92 Å². The van der Waals surface area contributed by atoms with E-state index in [9.17, 15) is 0 Å². The van der Waals surface area contributed by atoms with Crippen molar-refractivity contribution in [1.82, 2.24) is 9.97 Å². The molecular weight excluding hydrogens is 341 g/mol. The van der Waals surface area contributed by atoms with Gasteiger partial charge in [0, 0.05) is 13.7 Å². The highest BCUT2D eigenvalue weighted by Crippen LogP contribution is 2.43. The maximum atomic E-state index is 5.66. The van der Waals surface area contributed by atoms with E-state index in [1.54, 1.807) is 7.11 Å². The average Bonchev–Trinajstić information content (AvgIpc) is 2.31. The van der Waals surface area contributed by atoms with Crippen LogP contribution in [0.3, 0.4) is 0 Å². The van der Waals surface area contributed by atoms with Crippen LogP contribution >= 0.6 is 22.6 Å². The van der Waals surface area contributed by atoms with Crippen LogP contribution in [0.25, 0.3) is 0 Å². The molecule has 4 nitrogen and oxygen atoms in total. The van der Waals surface area contributed by atoms with Crippen molar-refractivity contribution in [2.45, 2.75) is 45.1 Å². The maximum absolute atomic E-state index is 5.66. The molecule has 1 aromatic rings. The Hall–Kier alpha value is -0.430. The van der Waals surface area contributed by atoms with E-state index in [4.69, 9.17) is 4.74 Å². The van der Waals surface area contributed by atoms with Crippen molar-refractivity contribution in [1.29, 1.82) is 0 Å². The van der Waals surface area contributed by atoms with E-state index < -0.39 is 0 Å². The molecule has 0 aliphatic heterocycles. The fourth-order valence-corrected chi connectivity index (χ4v) is 2.57. The highest BCUT2D eigenvalue weighted by molar-refractivity contribution is 14.1. The average molecular weight is 361 g/mol. The minimum Gasteiger partial charge on any atom is -0.370 e. The third-order valence-electron chi connectivity index (χ3n) is 3.52. The first-order chi connectivity index (χ1) is 8.63. The lowest BCUT2D eigenvalue weighted by atomic mass is 9.79. The summed E-state index contributed by atoms with van der Waals surface area (Å²) in [6, 6.07) is 0. The van der Waals surface area contributed by atoms with E-state index >= 15 is 0 Å². The van der Waals surface area contributed by atoms with Crippen LogP contribution in [0, 0.1) is 10.5 Å². The van der Waals surface area contributed by atoms with E-state index in [2.05, 4.69) is 44.8 Å². The third kappa shape index (κ3) is 2.47. The summed E-state index contributed by atoms with van der Waals surface area (Å²) < 4.78 is 6.77. The lowest BCUT2D eigenvalue weighted by Gasteiger charge is -2.39. The highest BCUT2D eigenvalue weighted by atomic mass is 127. The second-order valence-corrected chi connectivity index (χ2v) is 5.85. The van der Waals surface area contributed by atoms with E-state index in [-0.39, 0.29) is 5.60 Å². The topological polar surface area (TPSA) is 47.0 Å². The van der Waals surface area contributed by atoms with Gasteiger partial charge >= 0.3 is 0 Å². The SMILES string of the molecule is CCCNc1nc(C2(OC)CCC2)nc(C)c1I. The Balaban J connectivity index is 2.34. The normalized spacial score (nSPS) is 17.3. The largest absolute Gasteiger partial charge is 0.370 e. The van der Waals surface area contributed by atoms with Crippen molar-refractivity contribution >= 4 is 28.4 Å². The number of aryl methyl sites for hydroxylation is 1. The van der Waals surface area contributed by atoms with E-state index in [0.717, 1.165) is 46.7 Å². The van der Waals surface area contributed by atoms with Gasteiger partial charge in [-0.05, 0) is 55.2 Å². The Labute approximate surface area is 122 Å². The zero-order valence-corrected chi connectivity index (χ0v) is 13.4. The zero-order chi connectivity index (χ0) is 13.2. The number of rotatable bonds is 5. The monoisotopic (exact) mass is 361 g/mol. The minimum absolute atomic E-state index is 0.238. The predicted octanol–water partition coefficient (Wildman–Crippen LogP) is 3.24. The fourth-order valence-electron chi connectivity index (χ4n) is 2.14. The van der Waals surface area contributed by atoms with Gasteiger partial charge in [0.05, 0.1) is 9.26 Å². The first kappa shape index (κ1) is 14.0. The molecule has 1 aliphatic carbocycles. The molecule has 100 valence electrons. The van der Waals surface area contributed by atoms with Gasteiger partial charge in [-0.15, -0.1) is 0 Å². The first-order valence-corrected chi connectivity index (χ1v) is 7.54. The van der Waals surface area contributed by atoms with E-state index in [0.29, 0.717) is 0 Å².